The highest BCUT2D eigenvalue weighted by Gasteiger charge is 2.52. The van der Waals surface area contributed by atoms with Crippen molar-refractivity contribution in [2.45, 2.75) is 155 Å². The van der Waals surface area contributed by atoms with E-state index in [1.165, 1.54) is 20.7 Å². The fourth-order valence-electron chi connectivity index (χ4n) is 13.6. The number of benzene rings is 6. The van der Waals surface area contributed by atoms with E-state index >= 15 is 9.59 Å². The highest BCUT2D eigenvalue weighted by Crippen LogP contribution is 2.42. The first-order valence-corrected chi connectivity index (χ1v) is 33.5. The van der Waals surface area contributed by atoms with Gasteiger partial charge in [-0.05, 0) is 119 Å². The molecule has 1 saturated heterocycles. The number of Topliss-reactive ketones (excluding diaryl/α,β-unsaturated/α-hetero) is 1. The Morgan fingerprint density at radius 1 is 0.575 bits per heavy atom. The van der Waals surface area contributed by atoms with Crippen LogP contribution in [0.25, 0.3) is 0 Å². The molecule has 1 aliphatic carbocycles. The molecule has 0 radical (unpaired) electrons. The summed E-state index contributed by atoms with van der Waals surface area (Å²) in [6, 6.07) is 56.5. The van der Waals surface area contributed by atoms with Gasteiger partial charge in [0.05, 0.1) is 13.2 Å². The predicted octanol–water partition coefficient (Wildman–Crippen LogP) is 12.7. The van der Waals surface area contributed by atoms with Crippen LogP contribution in [-0.2, 0) is 31.2 Å². The van der Waals surface area contributed by atoms with Gasteiger partial charge < -0.3 is 23.4 Å². The molecular formula is C70H90N2O6Si2. The number of carbonyl (C=O) groups is 3. The molecule has 2 fully saturated rings. The van der Waals surface area contributed by atoms with E-state index in [9.17, 15) is 4.79 Å². The van der Waals surface area contributed by atoms with E-state index in [2.05, 4.69) is 189 Å². The lowest BCUT2D eigenvalue weighted by Crippen LogP contribution is -2.67. The first-order valence-electron chi connectivity index (χ1n) is 29.7. The Balaban J connectivity index is 1.04. The van der Waals surface area contributed by atoms with Crippen molar-refractivity contribution in [3.05, 3.63) is 192 Å². The summed E-state index contributed by atoms with van der Waals surface area (Å²) in [5, 5.41) is 4.39. The predicted molar refractivity (Wildman–Crippen MR) is 333 cm³/mol. The standard InChI is InChI=1S/C70H90N2O6Si2/c1-11-70(44-26-27-45-70)72(47-51-78-80(68(6,7)8,61-33-20-14-21-34-61)62-35-22-15-23-36-62)65(74)63-37-25-24-28-55(63)40-41-58(73)53-56-39-38-54(2)52-64(56)66(75)71(69(9,10)57-42-48-76-49-43-57)46-50-77-79(67(3,4)5,59-29-16-12-17-30-59)60-31-18-13-19-32-60/h12-25,28-39,52,57H,11,26-27,40-51,53H2,1-10H3. The lowest BCUT2D eigenvalue weighted by Gasteiger charge is -2.47. The number of hydrogen-bond donors (Lipinski definition) is 0. The Hall–Kier alpha value is -5.76. The smallest absolute Gasteiger partial charge is 0.261 e. The van der Waals surface area contributed by atoms with E-state index in [1.807, 2.05) is 54.3 Å². The molecule has 424 valence electrons. The van der Waals surface area contributed by atoms with Crippen LogP contribution in [0.2, 0.25) is 10.1 Å². The van der Waals surface area contributed by atoms with Gasteiger partial charge in [0, 0.05) is 61.3 Å². The zero-order valence-electron chi connectivity index (χ0n) is 49.8. The second-order valence-corrected chi connectivity index (χ2v) is 33.9. The summed E-state index contributed by atoms with van der Waals surface area (Å²) in [5.41, 5.74) is 2.89. The molecule has 0 atom stereocenters. The van der Waals surface area contributed by atoms with Crippen LogP contribution >= 0.6 is 0 Å². The number of carbonyl (C=O) groups excluding carboxylic acids is 3. The summed E-state index contributed by atoms with van der Waals surface area (Å²) in [6.07, 6.45) is 7.34. The van der Waals surface area contributed by atoms with Crippen molar-refractivity contribution >= 4 is 55.0 Å². The molecular weight excluding hydrogens is 1020 g/mol. The quantitative estimate of drug-likeness (QED) is 0.0594. The molecule has 8 nitrogen and oxygen atoms in total. The fraction of sp³-hybridized carbons (Fsp3) is 0.443. The van der Waals surface area contributed by atoms with Crippen LogP contribution in [0.1, 0.15) is 151 Å². The monoisotopic (exact) mass is 1110 g/mol. The minimum atomic E-state index is -2.91. The average Bonchev–Trinajstić information content (AvgIpc) is 4.10. The summed E-state index contributed by atoms with van der Waals surface area (Å²) in [5.74, 6) is 0.135. The average molecular weight is 1110 g/mol. The highest BCUT2D eigenvalue weighted by atomic mass is 28.4. The van der Waals surface area contributed by atoms with Gasteiger partial charge in [-0.3, -0.25) is 14.4 Å². The third kappa shape index (κ3) is 12.8. The second-order valence-electron chi connectivity index (χ2n) is 25.3. The third-order valence-electron chi connectivity index (χ3n) is 18.1. The lowest BCUT2D eigenvalue weighted by molar-refractivity contribution is -0.118. The minimum Gasteiger partial charge on any atom is -0.406 e. The van der Waals surface area contributed by atoms with Crippen molar-refractivity contribution < 1.29 is 28.0 Å². The van der Waals surface area contributed by atoms with Gasteiger partial charge in [-0.2, -0.15) is 0 Å². The van der Waals surface area contributed by atoms with Crippen LogP contribution in [0, 0.1) is 12.8 Å². The first-order chi connectivity index (χ1) is 38.3. The van der Waals surface area contributed by atoms with Crippen LogP contribution in [0.4, 0.5) is 0 Å². The Bertz CT molecular complexity index is 2900. The number of hydrogen-bond acceptors (Lipinski definition) is 6. The number of nitrogens with zero attached hydrogens (tertiary/aromatic N) is 2. The maximum Gasteiger partial charge on any atom is 0.261 e. The molecule has 1 aliphatic heterocycles. The summed E-state index contributed by atoms with van der Waals surface area (Å²) >= 11 is 0. The van der Waals surface area contributed by atoms with Gasteiger partial charge in [-0.15, -0.1) is 0 Å². The van der Waals surface area contributed by atoms with Gasteiger partial charge >= 0.3 is 0 Å². The van der Waals surface area contributed by atoms with Crippen LogP contribution in [0.3, 0.4) is 0 Å². The molecule has 1 heterocycles. The van der Waals surface area contributed by atoms with Crippen molar-refractivity contribution in [3.63, 3.8) is 0 Å². The van der Waals surface area contributed by atoms with E-state index in [4.69, 9.17) is 13.6 Å². The Kier molecular flexibility index (Phi) is 19.6. The summed E-state index contributed by atoms with van der Waals surface area (Å²) in [6.45, 7) is 25.2. The van der Waals surface area contributed by atoms with Crippen molar-refractivity contribution in [1.82, 2.24) is 9.80 Å². The number of aryl methyl sites for hydroxylation is 2. The molecule has 0 spiro atoms. The van der Waals surface area contributed by atoms with Crippen molar-refractivity contribution in [2.24, 2.45) is 5.92 Å². The van der Waals surface area contributed by atoms with Crippen LogP contribution in [0.15, 0.2) is 164 Å². The molecule has 0 N–H and O–H groups in total. The van der Waals surface area contributed by atoms with Crippen molar-refractivity contribution in [1.29, 1.82) is 0 Å². The Morgan fingerprint density at radius 2 is 1.04 bits per heavy atom. The van der Waals surface area contributed by atoms with E-state index in [0.29, 0.717) is 62.6 Å². The zero-order valence-corrected chi connectivity index (χ0v) is 51.8. The largest absolute Gasteiger partial charge is 0.406 e. The van der Waals surface area contributed by atoms with E-state index in [1.54, 1.807) is 0 Å². The first kappa shape index (κ1) is 60.3. The van der Waals surface area contributed by atoms with Gasteiger partial charge in [0.2, 0.25) is 0 Å². The molecule has 10 heteroatoms. The molecule has 0 bridgehead atoms. The molecule has 6 aromatic rings. The van der Waals surface area contributed by atoms with Crippen LogP contribution < -0.4 is 20.7 Å². The van der Waals surface area contributed by atoms with Crippen molar-refractivity contribution in [3.8, 4) is 0 Å². The number of ether oxygens (including phenoxy) is 1. The topological polar surface area (TPSA) is 85.4 Å². The summed E-state index contributed by atoms with van der Waals surface area (Å²) < 4.78 is 20.7. The molecule has 0 aromatic heterocycles. The molecule has 1 saturated carbocycles. The molecule has 6 aromatic carbocycles. The summed E-state index contributed by atoms with van der Waals surface area (Å²) in [7, 11) is -5.77. The van der Waals surface area contributed by atoms with E-state index in [-0.39, 0.29) is 52.0 Å². The van der Waals surface area contributed by atoms with Crippen molar-refractivity contribution in [2.75, 3.05) is 39.5 Å². The number of rotatable bonds is 23. The Morgan fingerprint density at radius 3 is 1.51 bits per heavy atom. The van der Waals surface area contributed by atoms with Gasteiger partial charge in [0.1, 0.15) is 5.78 Å². The highest BCUT2D eigenvalue weighted by molar-refractivity contribution is 7.00. The zero-order chi connectivity index (χ0) is 57.2. The molecule has 8 rings (SSSR count). The second kappa shape index (κ2) is 26.0. The molecule has 2 aliphatic rings. The maximum absolute atomic E-state index is 15.6. The van der Waals surface area contributed by atoms with Crippen LogP contribution in [0.5, 0.6) is 0 Å². The van der Waals surface area contributed by atoms with Gasteiger partial charge in [-0.25, -0.2) is 0 Å². The number of amides is 2. The maximum atomic E-state index is 15.6. The van der Waals surface area contributed by atoms with E-state index < -0.39 is 22.2 Å². The molecule has 80 heavy (non-hydrogen) atoms. The Labute approximate surface area is 481 Å². The normalized spacial score (nSPS) is 15.4. The summed E-state index contributed by atoms with van der Waals surface area (Å²) in [4.78, 5) is 49.7. The lowest BCUT2D eigenvalue weighted by atomic mass is 9.80. The van der Waals surface area contributed by atoms with Gasteiger partial charge in [0.15, 0.2) is 0 Å². The third-order valence-corrected chi connectivity index (χ3v) is 28.2. The SMILES string of the molecule is CCC1(N(CCO[Si](c2ccccc2)(c2ccccc2)C(C)(C)C)C(=O)c2ccccc2CCC(=O)Cc2ccc(C)cc2C(=O)N(CCO[Si](c2ccccc2)(c2ccccc2)C(C)(C)C)C(C)(C)C2CCOCC2)CCCC1. The fourth-order valence-corrected chi connectivity index (χ4v) is 22.7. The number of ketones is 1. The van der Waals surface area contributed by atoms with E-state index in [0.717, 1.165) is 56.1 Å². The van der Waals surface area contributed by atoms with Gasteiger partial charge in [0.25, 0.3) is 28.4 Å². The van der Waals surface area contributed by atoms with Gasteiger partial charge in [-0.1, -0.05) is 219 Å². The molecule has 0 unspecified atom stereocenters. The van der Waals surface area contributed by atoms with Crippen LogP contribution in [-0.4, -0.2) is 94.6 Å². The molecule has 2 amide bonds. The minimum absolute atomic E-state index is 0.000392.